The van der Waals surface area contributed by atoms with E-state index in [1.165, 1.54) is 0 Å². The fourth-order valence-corrected chi connectivity index (χ4v) is 2.44. The van der Waals surface area contributed by atoms with Crippen molar-refractivity contribution in [2.24, 2.45) is 5.92 Å². The number of halogens is 1. The molecule has 0 aliphatic rings. The lowest BCUT2D eigenvalue weighted by molar-refractivity contribution is 0.280. The number of rotatable bonds is 4. The molecule has 19 heavy (non-hydrogen) atoms. The Morgan fingerprint density at radius 2 is 2.00 bits per heavy atom. The number of nitrogens with zero attached hydrogens (tertiary/aromatic N) is 2. The molecule has 4 heteroatoms. The minimum atomic E-state index is -0.0766. The van der Waals surface area contributed by atoms with Crippen molar-refractivity contribution in [1.29, 1.82) is 0 Å². The maximum atomic E-state index is 9.50. The molecule has 0 spiro atoms. The zero-order valence-electron chi connectivity index (χ0n) is 11.5. The van der Waals surface area contributed by atoms with Crippen LogP contribution < -0.4 is 0 Å². The summed E-state index contributed by atoms with van der Waals surface area (Å²) in [5, 5.41) is 14.6. The van der Waals surface area contributed by atoms with E-state index < -0.39 is 0 Å². The third-order valence-corrected chi connectivity index (χ3v) is 3.50. The van der Waals surface area contributed by atoms with Crippen LogP contribution in [0.5, 0.6) is 0 Å². The van der Waals surface area contributed by atoms with Crippen molar-refractivity contribution >= 4 is 11.6 Å². The van der Waals surface area contributed by atoms with Gasteiger partial charge in [0.25, 0.3) is 0 Å². The van der Waals surface area contributed by atoms with Gasteiger partial charge in [-0.25, -0.2) is 4.68 Å². The smallest absolute Gasteiger partial charge is 0.138 e. The standard InChI is InChI=1S/C15H19ClN2O/c1-10(2)8-13-12(9-19)15(16)18(17-13)14-7-5-4-6-11(14)3/h4-7,10,19H,8-9H2,1-3H3. The maximum absolute atomic E-state index is 9.50. The van der Waals surface area contributed by atoms with E-state index in [1.807, 2.05) is 31.2 Å². The zero-order valence-corrected chi connectivity index (χ0v) is 12.3. The highest BCUT2D eigenvalue weighted by Crippen LogP contribution is 2.26. The van der Waals surface area contributed by atoms with Gasteiger partial charge in [0, 0.05) is 5.56 Å². The normalized spacial score (nSPS) is 11.3. The highest BCUT2D eigenvalue weighted by atomic mass is 35.5. The second-order valence-corrected chi connectivity index (χ2v) is 5.53. The third-order valence-electron chi connectivity index (χ3n) is 3.11. The van der Waals surface area contributed by atoms with E-state index in [9.17, 15) is 5.11 Å². The molecule has 0 aliphatic heterocycles. The first-order valence-corrected chi connectivity index (χ1v) is 6.85. The molecule has 0 amide bonds. The molecular formula is C15H19ClN2O. The molecule has 1 heterocycles. The predicted octanol–water partition coefficient (Wildman–Crippen LogP) is 3.52. The van der Waals surface area contributed by atoms with Gasteiger partial charge in [-0.2, -0.15) is 5.10 Å². The van der Waals surface area contributed by atoms with Gasteiger partial charge in [-0.05, 0) is 30.9 Å². The Labute approximate surface area is 118 Å². The molecule has 2 rings (SSSR count). The first kappa shape index (κ1) is 14.1. The van der Waals surface area contributed by atoms with Crippen LogP contribution in [0.15, 0.2) is 24.3 Å². The van der Waals surface area contributed by atoms with Crippen molar-refractivity contribution < 1.29 is 5.11 Å². The van der Waals surface area contributed by atoms with Crippen LogP contribution in [0.1, 0.15) is 30.7 Å². The number of aliphatic hydroxyl groups is 1. The van der Waals surface area contributed by atoms with E-state index in [4.69, 9.17) is 11.6 Å². The first-order chi connectivity index (χ1) is 9.04. The second-order valence-electron chi connectivity index (χ2n) is 5.17. The quantitative estimate of drug-likeness (QED) is 0.929. The molecule has 1 aromatic heterocycles. The minimum absolute atomic E-state index is 0.0766. The zero-order chi connectivity index (χ0) is 14.0. The lowest BCUT2D eigenvalue weighted by atomic mass is 10.1. The van der Waals surface area contributed by atoms with E-state index in [1.54, 1.807) is 4.68 Å². The van der Waals surface area contributed by atoms with Crippen molar-refractivity contribution in [1.82, 2.24) is 9.78 Å². The number of benzene rings is 1. The van der Waals surface area contributed by atoms with Crippen molar-refractivity contribution in [3.63, 3.8) is 0 Å². The summed E-state index contributed by atoms with van der Waals surface area (Å²) in [6, 6.07) is 7.95. The van der Waals surface area contributed by atoms with Crippen LogP contribution in [0.2, 0.25) is 5.15 Å². The third kappa shape index (κ3) is 2.82. The van der Waals surface area contributed by atoms with Gasteiger partial charge in [0.05, 0.1) is 18.0 Å². The van der Waals surface area contributed by atoms with Gasteiger partial charge in [-0.15, -0.1) is 0 Å². The average molecular weight is 279 g/mol. The summed E-state index contributed by atoms with van der Waals surface area (Å²) < 4.78 is 1.72. The van der Waals surface area contributed by atoms with E-state index in [0.29, 0.717) is 11.1 Å². The summed E-state index contributed by atoms with van der Waals surface area (Å²) >= 11 is 6.36. The molecule has 0 saturated heterocycles. The Kier molecular flexibility index (Phi) is 4.27. The van der Waals surface area contributed by atoms with Crippen LogP contribution in [0.4, 0.5) is 0 Å². The Hall–Kier alpha value is -1.32. The summed E-state index contributed by atoms with van der Waals surface area (Å²) in [5.41, 5.74) is 3.68. The number of hydrogen-bond donors (Lipinski definition) is 1. The molecule has 1 aromatic carbocycles. The van der Waals surface area contributed by atoms with Gasteiger partial charge in [0.2, 0.25) is 0 Å². The molecule has 0 unspecified atom stereocenters. The second kappa shape index (κ2) is 5.76. The van der Waals surface area contributed by atoms with Crippen molar-refractivity contribution in [2.45, 2.75) is 33.8 Å². The van der Waals surface area contributed by atoms with Gasteiger partial charge >= 0.3 is 0 Å². The molecule has 0 radical (unpaired) electrons. The molecule has 0 bridgehead atoms. The Morgan fingerprint density at radius 3 is 2.58 bits per heavy atom. The van der Waals surface area contributed by atoms with Crippen LogP contribution in [0, 0.1) is 12.8 Å². The topological polar surface area (TPSA) is 38.0 Å². The van der Waals surface area contributed by atoms with Gasteiger partial charge in [-0.1, -0.05) is 43.6 Å². The fourth-order valence-electron chi connectivity index (χ4n) is 2.14. The lowest BCUT2D eigenvalue weighted by Crippen LogP contribution is -2.01. The van der Waals surface area contributed by atoms with Crippen LogP contribution in [0.25, 0.3) is 5.69 Å². The van der Waals surface area contributed by atoms with Crippen molar-refractivity contribution in [2.75, 3.05) is 0 Å². The van der Waals surface area contributed by atoms with Crippen molar-refractivity contribution in [3.05, 3.63) is 46.2 Å². The summed E-state index contributed by atoms with van der Waals surface area (Å²) in [6.45, 7) is 6.20. The molecule has 0 atom stereocenters. The Bertz CT molecular complexity index is 576. The SMILES string of the molecule is Cc1ccccc1-n1nc(CC(C)C)c(CO)c1Cl. The molecule has 0 saturated carbocycles. The highest BCUT2D eigenvalue weighted by Gasteiger charge is 2.18. The Morgan fingerprint density at radius 1 is 1.32 bits per heavy atom. The summed E-state index contributed by atoms with van der Waals surface area (Å²) in [7, 11) is 0. The fraction of sp³-hybridized carbons (Fsp3) is 0.400. The monoisotopic (exact) mass is 278 g/mol. The van der Waals surface area contributed by atoms with E-state index >= 15 is 0 Å². The summed E-state index contributed by atoms with van der Waals surface area (Å²) in [4.78, 5) is 0. The van der Waals surface area contributed by atoms with Crippen LogP contribution >= 0.6 is 11.6 Å². The van der Waals surface area contributed by atoms with Crippen molar-refractivity contribution in [3.8, 4) is 5.69 Å². The molecule has 0 fully saturated rings. The highest BCUT2D eigenvalue weighted by molar-refractivity contribution is 6.30. The number of aryl methyl sites for hydroxylation is 1. The molecule has 102 valence electrons. The molecule has 0 aliphatic carbocycles. The maximum Gasteiger partial charge on any atom is 0.138 e. The van der Waals surface area contributed by atoms with Gasteiger partial charge in [-0.3, -0.25) is 0 Å². The largest absolute Gasteiger partial charge is 0.391 e. The molecule has 2 aromatic rings. The van der Waals surface area contributed by atoms with Crippen LogP contribution in [-0.2, 0) is 13.0 Å². The molecule has 1 N–H and O–H groups in total. The number of hydrogen-bond acceptors (Lipinski definition) is 2. The van der Waals surface area contributed by atoms with E-state index in [0.717, 1.165) is 28.9 Å². The van der Waals surface area contributed by atoms with E-state index in [-0.39, 0.29) is 6.61 Å². The van der Waals surface area contributed by atoms with E-state index in [2.05, 4.69) is 18.9 Å². The number of aliphatic hydroxyl groups excluding tert-OH is 1. The number of aromatic nitrogens is 2. The minimum Gasteiger partial charge on any atom is -0.391 e. The molecular weight excluding hydrogens is 260 g/mol. The number of para-hydroxylation sites is 1. The average Bonchev–Trinajstić information content (AvgIpc) is 2.65. The van der Waals surface area contributed by atoms with Crippen LogP contribution in [-0.4, -0.2) is 14.9 Å². The predicted molar refractivity (Wildman–Crippen MR) is 77.8 cm³/mol. The van der Waals surface area contributed by atoms with Gasteiger partial charge < -0.3 is 5.11 Å². The molecule has 3 nitrogen and oxygen atoms in total. The van der Waals surface area contributed by atoms with Gasteiger partial charge in [0.1, 0.15) is 5.15 Å². The lowest BCUT2D eigenvalue weighted by Gasteiger charge is -2.06. The summed E-state index contributed by atoms with van der Waals surface area (Å²) in [6.07, 6.45) is 0.814. The first-order valence-electron chi connectivity index (χ1n) is 6.47. The van der Waals surface area contributed by atoms with Crippen LogP contribution in [0.3, 0.4) is 0 Å². The Balaban J connectivity index is 2.53. The van der Waals surface area contributed by atoms with Gasteiger partial charge in [0.15, 0.2) is 0 Å². The summed E-state index contributed by atoms with van der Waals surface area (Å²) in [5.74, 6) is 0.474.